The van der Waals surface area contributed by atoms with E-state index in [0.717, 1.165) is 0 Å². The van der Waals surface area contributed by atoms with Crippen LogP contribution in [0.15, 0.2) is 0 Å². The first-order valence-electron chi connectivity index (χ1n) is 3.09. The van der Waals surface area contributed by atoms with Crippen molar-refractivity contribution >= 4 is 0 Å². The molecule has 0 aromatic carbocycles. The zero-order valence-corrected chi connectivity index (χ0v) is 7.68. The Balaban J connectivity index is 0. The summed E-state index contributed by atoms with van der Waals surface area (Å²) in [6.45, 7) is -2.13. The van der Waals surface area contributed by atoms with Gasteiger partial charge in [0.15, 0.2) is 0 Å². The first-order valence-corrected chi connectivity index (χ1v) is 3.09. The van der Waals surface area contributed by atoms with E-state index in [1.807, 2.05) is 0 Å². The second-order valence-corrected chi connectivity index (χ2v) is 1.56. The van der Waals surface area contributed by atoms with Crippen LogP contribution in [-0.4, -0.2) is 51.6 Å². The van der Waals surface area contributed by atoms with Crippen molar-refractivity contribution in [2.24, 2.45) is 0 Å². The molecule has 0 aliphatic carbocycles. The Hall–Kier alpha value is -0.240. The van der Waals surface area contributed by atoms with Crippen molar-refractivity contribution in [1.82, 2.24) is 0 Å². The standard InChI is InChI=1S/C4H10O3.C2H6O3/c1-5-4(6-2)7-3;1-5-2(3)4/h4H,1-3H3;2-4H,1H3. The van der Waals surface area contributed by atoms with Gasteiger partial charge in [0.2, 0.25) is 0 Å². The third kappa shape index (κ3) is 12.4. The lowest BCUT2D eigenvalue weighted by Crippen LogP contribution is -2.14. The minimum atomic E-state index is -1.62. The topological polar surface area (TPSA) is 77.4 Å². The minimum absolute atomic E-state index is 0.514. The van der Waals surface area contributed by atoms with Crippen LogP contribution in [0.1, 0.15) is 0 Å². The largest absolute Gasteiger partial charge is 0.346 e. The third-order valence-corrected chi connectivity index (χ3v) is 0.788. The summed E-state index contributed by atoms with van der Waals surface area (Å²) in [6, 6.07) is 0. The van der Waals surface area contributed by atoms with Gasteiger partial charge in [0.25, 0.3) is 13.0 Å². The molecule has 0 saturated heterocycles. The van der Waals surface area contributed by atoms with E-state index in [1.165, 1.54) is 28.4 Å². The number of hydrogen-bond acceptors (Lipinski definition) is 6. The molecule has 0 radical (unpaired) electrons. The maximum Gasteiger partial charge on any atom is 0.270 e. The van der Waals surface area contributed by atoms with E-state index >= 15 is 0 Å². The summed E-state index contributed by atoms with van der Waals surface area (Å²) >= 11 is 0. The molecule has 6 nitrogen and oxygen atoms in total. The number of rotatable bonds is 4. The molecule has 0 atom stereocenters. The Bertz CT molecular complexity index is 66.9. The quantitative estimate of drug-likeness (QED) is 0.552. The lowest BCUT2D eigenvalue weighted by Gasteiger charge is -2.08. The lowest BCUT2D eigenvalue weighted by atomic mass is 11.2. The third-order valence-electron chi connectivity index (χ3n) is 0.788. The molecule has 76 valence electrons. The monoisotopic (exact) mass is 184 g/mol. The number of hydrogen-bond donors (Lipinski definition) is 2. The van der Waals surface area contributed by atoms with Gasteiger partial charge in [-0.2, -0.15) is 0 Å². The zero-order valence-electron chi connectivity index (χ0n) is 7.68. The molecular weight excluding hydrogens is 168 g/mol. The molecule has 0 aliphatic rings. The molecule has 0 aromatic heterocycles. The van der Waals surface area contributed by atoms with Gasteiger partial charge in [-0.3, -0.25) is 0 Å². The zero-order chi connectivity index (χ0) is 9.98. The van der Waals surface area contributed by atoms with Gasteiger partial charge in [-0.05, 0) is 0 Å². The summed E-state index contributed by atoms with van der Waals surface area (Å²) in [6.07, 6.45) is 0. The summed E-state index contributed by atoms with van der Waals surface area (Å²) in [4.78, 5) is 0. The summed E-state index contributed by atoms with van der Waals surface area (Å²) in [5.41, 5.74) is 0. The van der Waals surface area contributed by atoms with Crippen LogP contribution in [0.4, 0.5) is 0 Å². The van der Waals surface area contributed by atoms with Crippen molar-refractivity contribution in [3.05, 3.63) is 0 Å². The summed E-state index contributed by atoms with van der Waals surface area (Å²) in [5, 5.41) is 15.4. The van der Waals surface area contributed by atoms with Crippen molar-refractivity contribution in [3.63, 3.8) is 0 Å². The van der Waals surface area contributed by atoms with Crippen LogP contribution in [-0.2, 0) is 18.9 Å². The number of aliphatic hydroxyl groups excluding tert-OH is 1. The second-order valence-electron chi connectivity index (χ2n) is 1.56. The molecule has 6 heteroatoms. The highest BCUT2D eigenvalue weighted by Gasteiger charge is 1.96. The average molecular weight is 184 g/mol. The molecule has 0 saturated carbocycles. The van der Waals surface area contributed by atoms with Crippen LogP contribution in [0, 0.1) is 0 Å². The molecule has 0 spiro atoms. The van der Waals surface area contributed by atoms with Gasteiger partial charge in [-0.25, -0.2) is 0 Å². The average Bonchev–Trinajstić information content (AvgIpc) is 2.09. The van der Waals surface area contributed by atoms with E-state index in [0.29, 0.717) is 0 Å². The van der Waals surface area contributed by atoms with Gasteiger partial charge in [-0.15, -0.1) is 0 Å². The first-order chi connectivity index (χ1) is 5.62. The Morgan fingerprint density at radius 1 is 0.750 bits per heavy atom. The van der Waals surface area contributed by atoms with E-state index in [9.17, 15) is 0 Å². The summed E-state index contributed by atoms with van der Waals surface area (Å²) in [7, 11) is 5.73. The van der Waals surface area contributed by atoms with Gasteiger partial charge in [0, 0.05) is 28.4 Å². The van der Waals surface area contributed by atoms with E-state index < -0.39 is 13.0 Å². The molecule has 0 heterocycles. The molecular formula is C6H16O6. The molecule has 0 aromatic rings. The fraction of sp³-hybridized carbons (Fsp3) is 1.00. The van der Waals surface area contributed by atoms with E-state index in [4.69, 9.17) is 10.2 Å². The van der Waals surface area contributed by atoms with Crippen molar-refractivity contribution in [1.29, 1.82) is 0 Å². The van der Waals surface area contributed by atoms with Crippen LogP contribution >= 0.6 is 0 Å². The Morgan fingerprint density at radius 2 is 1.00 bits per heavy atom. The minimum Gasteiger partial charge on any atom is -0.346 e. The van der Waals surface area contributed by atoms with Gasteiger partial charge in [-0.1, -0.05) is 0 Å². The fourth-order valence-corrected chi connectivity index (χ4v) is 0.289. The van der Waals surface area contributed by atoms with Crippen molar-refractivity contribution < 1.29 is 29.2 Å². The van der Waals surface area contributed by atoms with Crippen LogP contribution in [0.3, 0.4) is 0 Å². The number of aliphatic hydroxyl groups is 2. The van der Waals surface area contributed by atoms with Gasteiger partial charge < -0.3 is 29.2 Å². The summed E-state index contributed by atoms with van der Waals surface area (Å²) in [5.74, 6) is 0. The predicted molar refractivity (Wildman–Crippen MR) is 40.0 cm³/mol. The van der Waals surface area contributed by atoms with Crippen molar-refractivity contribution in [2.75, 3.05) is 28.4 Å². The maximum absolute atomic E-state index is 7.69. The molecule has 2 N–H and O–H groups in total. The van der Waals surface area contributed by atoms with E-state index in [1.54, 1.807) is 0 Å². The van der Waals surface area contributed by atoms with Gasteiger partial charge in [0.05, 0.1) is 0 Å². The molecule has 12 heavy (non-hydrogen) atoms. The van der Waals surface area contributed by atoms with Crippen LogP contribution < -0.4 is 0 Å². The molecule has 0 rings (SSSR count). The van der Waals surface area contributed by atoms with Gasteiger partial charge >= 0.3 is 0 Å². The Labute approximate surface area is 71.6 Å². The van der Waals surface area contributed by atoms with Crippen LogP contribution in [0.25, 0.3) is 0 Å². The number of ether oxygens (including phenoxy) is 4. The molecule has 0 unspecified atom stereocenters. The second kappa shape index (κ2) is 10.8. The predicted octanol–water partition coefficient (Wildman–Crippen LogP) is -0.890. The smallest absolute Gasteiger partial charge is 0.270 e. The highest BCUT2D eigenvalue weighted by molar-refractivity contribution is 4.08. The molecule has 0 fully saturated rings. The Morgan fingerprint density at radius 3 is 1.00 bits per heavy atom. The van der Waals surface area contributed by atoms with Crippen molar-refractivity contribution in [3.8, 4) is 0 Å². The maximum atomic E-state index is 7.69. The first kappa shape index (κ1) is 14.3. The lowest BCUT2D eigenvalue weighted by molar-refractivity contribution is -0.252. The molecule has 0 aliphatic heterocycles. The fourth-order valence-electron chi connectivity index (χ4n) is 0.289. The SMILES string of the molecule is COC(O)O.COC(OC)OC. The molecule has 0 bridgehead atoms. The van der Waals surface area contributed by atoms with Gasteiger partial charge in [0.1, 0.15) is 0 Å². The van der Waals surface area contributed by atoms with Crippen LogP contribution in [0.2, 0.25) is 0 Å². The Kier molecular flexibility index (Phi) is 12.8. The normalized spacial score (nSPS) is 10.0. The number of methoxy groups -OCH3 is 4. The van der Waals surface area contributed by atoms with Crippen molar-refractivity contribution in [2.45, 2.75) is 13.0 Å². The van der Waals surface area contributed by atoms with E-state index in [2.05, 4.69) is 18.9 Å². The molecule has 0 amide bonds. The summed E-state index contributed by atoms with van der Waals surface area (Å²) < 4.78 is 17.7. The highest BCUT2D eigenvalue weighted by Crippen LogP contribution is 1.87. The highest BCUT2D eigenvalue weighted by atomic mass is 16.8. The van der Waals surface area contributed by atoms with E-state index in [-0.39, 0.29) is 0 Å². The van der Waals surface area contributed by atoms with Crippen LogP contribution in [0.5, 0.6) is 0 Å².